The number of sulfonamides is 1. The number of halogens is 6. The van der Waals surface area contributed by atoms with Gasteiger partial charge in [-0.25, -0.2) is 13.4 Å². The molecule has 1 aromatic carbocycles. The number of benzene rings is 1. The summed E-state index contributed by atoms with van der Waals surface area (Å²) < 4.78 is 104. The molecule has 0 unspecified atom stereocenters. The molecule has 0 aliphatic heterocycles. The van der Waals surface area contributed by atoms with E-state index in [-0.39, 0.29) is 23.3 Å². The Morgan fingerprint density at radius 1 is 1.00 bits per heavy atom. The molecule has 0 radical (unpaired) electrons. The molecule has 0 spiro atoms. The van der Waals surface area contributed by atoms with Gasteiger partial charge in [0.15, 0.2) is 5.82 Å². The van der Waals surface area contributed by atoms with Crippen LogP contribution >= 0.6 is 0 Å². The lowest BCUT2D eigenvalue weighted by atomic mass is 10.1. The summed E-state index contributed by atoms with van der Waals surface area (Å²) in [5.74, 6) is -0.183. The molecular formula is C19H20F6N4O2S. The first-order valence-electron chi connectivity index (χ1n) is 9.34. The van der Waals surface area contributed by atoms with Crippen molar-refractivity contribution < 1.29 is 34.8 Å². The number of hydrogen-bond acceptors (Lipinski definition) is 5. The summed E-state index contributed by atoms with van der Waals surface area (Å²) in [5.41, 5.74) is -3.53. The molecule has 1 heterocycles. The second-order valence-electron chi connectivity index (χ2n) is 6.59. The molecule has 0 fully saturated rings. The highest BCUT2D eigenvalue weighted by Crippen LogP contribution is 2.36. The zero-order valence-corrected chi connectivity index (χ0v) is 17.8. The molecule has 0 aliphatic carbocycles. The minimum absolute atomic E-state index is 0.00783. The van der Waals surface area contributed by atoms with Gasteiger partial charge in [0.05, 0.1) is 16.9 Å². The van der Waals surface area contributed by atoms with E-state index in [2.05, 4.69) is 20.0 Å². The molecule has 0 bridgehead atoms. The van der Waals surface area contributed by atoms with E-state index >= 15 is 0 Å². The quantitative estimate of drug-likeness (QED) is 0.387. The molecule has 1 aromatic heterocycles. The molecule has 176 valence electrons. The number of pyridine rings is 1. The SMILES string of the molecule is CCCNc1ccc(/N=C/c2cc(C(F)(F)F)cc(C(F)(F)F)c2)c(NS(=O)(=O)CC)n1. The van der Waals surface area contributed by atoms with Gasteiger partial charge in [-0.15, -0.1) is 0 Å². The highest BCUT2D eigenvalue weighted by molar-refractivity contribution is 7.92. The minimum Gasteiger partial charge on any atom is -0.370 e. The molecular weight excluding hydrogens is 462 g/mol. The van der Waals surface area contributed by atoms with E-state index in [4.69, 9.17) is 0 Å². The smallest absolute Gasteiger partial charge is 0.370 e. The first-order chi connectivity index (χ1) is 14.7. The van der Waals surface area contributed by atoms with E-state index in [0.29, 0.717) is 24.5 Å². The number of rotatable bonds is 8. The molecule has 0 atom stereocenters. The lowest BCUT2D eigenvalue weighted by molar-refractivity contribution is -0.143. The first kappa shape index (κ1) is 25.4. The minimum atomic E-state index is -5.00. The summed E-state index contributed by atoms with van der Waals surface area (Å²) >= 11 is 0. The van der Waals surface area contributed by atoms with Crippen LogP contribution in [0.25, 0.3) is 0 Å². The van der Waals surface area contributed by atoms with Crippen LogP contribution in [0, 0.1) is 0 Å². The maximum atomic E-state index is 13.0. The van der Waals surface area contributed by atoms with Crippen molar-refractivity contribution in [2.75, 3.05) is 22.3 Å². The molecule has 6 nitrogen and oxygen atoms in total. The molecule has 2 aromatic rings. The number of nitrogens with zero attached hydrogens (tertiary/aromatic N) is 2. The van der Waals surface area contributed by atoms with Crippen LogP contribution < -0.4 is 10.0 Å². The third-order valence-corrected chi connectivity index (χ3v) is 5.29. The Balaban J connectivity index is 2.51. The van der Waals surface area contributed by atoms with Crippen molar-refractivity contribution in [2.45, 2.75) is 32.6 Å². The van der Waals surface area contributed by atoms with Crippen molar-refractivity contribution in [1.82, 2.24) is 4.98 Å². The molecule has 2 rings (SSSR count). The van der Waals surface area contributed by atoms with Gasteiger partial charge in [-0.05, 0) is 49.2 Å². The van der Waals surface area contributed by atoms with Crippen LogP contribution in [0.4, 0.5) is 43.7 Å². The third kappa shape index (κ3) is 7.11. The summed E-state index contributed by atoms with van der Waals surface area (Å²) in [6.45, 7) is 3.82. The summed E-state index contributed by atoms with van der Waals surface area (Å²) in [7, 11) is -3.78. The fraction of sp³-hybridized carbons (Fsp3) is 0.368. The summed E-state index contributed by atoms with van der Waals surface area (Å²) in [5, 5.41) is 2.94. The Hall–Kier alpha value is -2.83. The Morgan fingerprint density at radius 2 is 1.59 bits per heavy atom. The van der Waals surface area contributed by atoms with Crippen molar-refractivity contribution in [2.24, 2.45) is 4.99 Å². The molecule has 13 heteroatoms. The molecule has 0 aliphatic rings. The second kappa shape index (κ2) is 9.76. The van der Waals surface area contributed by atoms with Crippen molar-refractivity contribution in [3.63, 3.8) is 0 Å². The maximum Gasteiger partial charge on any atom is 0.416 e. The third-order valence-electron chi connectivity index (χ3n) is 4.02. The van der Waals surface area contributed by atoms with Crippen molar-refractivity contribution in [1.29, 1.82) is 0 Å². The van der Waals surface area contributed by atoms with Crippen LogP contribution in [0.5, 0.6) is 0 Å². The first-order valence-corrected chi connectivity index (χ1v) is 11.0. The van der Waals surface area contributed by atoms with Gasteiger partial charge >= 0.3 is 12.4 Å². The Bertz CT molecular complexity index is 1050. The van der Waals surface area contributed by atoms with Gasteiger partial charge in [-0.2, -0.15) is 26.3 Å². The van der Waals surface area contributed by atoms with Gasteiger partial charge < -0.3 is 5.32 Å². The second-order valence-corrected chi connectivity index (χ2v) is 8.60. The number of anilines is 2. The lowest BCUT2D eigenvalue weighted by Crippen LogP contribution is -2.16. The summed E-state index contributed by atoms with van der Waals surface area (Å²) in [6, 6.07) is 3.83. The standard InChI is InChI=1S/C19H20F6N4O2S/c1-3-7-26-16-6-5-15(17(28-16)29-32(30,31)4-2)27-11-12-8-13(18(20,21)22)10-14(9-12)19(23,24)25/h5-6,8-11H,3-4,7H2,1-2H3,(H2,26,28,29)/b27-11+. The zero-order valence-electron chi connectivity index (χ0n) is 17.0. The molecule has 2 N–H and O–H groups in total. The largest absolute Gasteiger partial charge is 0.416 e. The van der Waals surface area contributed by atoms with Crippen molar-refractivity contribution >= 4 is 33.6 Å². The van der Waals surface area contributed by atoms with E-state index in [1.165, 1.54) is 19.1 Å². The average molecular weight is 482 g/mol. The van der Waals surface area contributed by atoms with Crippen LogP contribution in [0.3, 0.4) is 0 Å². The number of nitrogens with one attached hydrogen (secondary N) is 2. The van der Waals surface area contributed by atoms with Gasteiger partial charge in [0.1, 0.15) is 11.5 Å². The van der Waals surface area contributed by atoms with Gasteiger partial charge in [-0.1, -0.05) is 6.92 Å². The van der Waals surface area contributed by atoms with Crippen LogP contribution in [0.15, 0.2) is 35.3 Å². The maximum absolute atomic E-state index is 13.0. The van der Waals surface area contributed by atoms with Gasteiger partial charge in [0.2, 0.25) is 10.0 Å². The van der Waals surface area contributed by atoms with Crippen LogP contribution in [0.1, 0.15) is 37.0 Å². The molecule has 0 amide bonds. The van der Waals surface area contributed by atoms with E-state index in [0.717, 1.165) is 12.6 Å². The van der Waals surface area contributed by atoms with E-state index in [1.807, 2.05) is 6.92 Å². The predicted octanol–water partition coefficient (Wildman–Crippen LogP) is 5.45. The van der Waals surface area contributed by atoms with E-state index < -0.39 is 39.1 Å². The van der Waals surface area contributed by atoms with Gasteiger partial charge in [-0.3, -0.25) is 9.71 Å². The molecule has 32 heavy (non-hydrogen) atoms. The number of hydrogen-bond donors (Lipinski definition) is 2. The summed E-state index contributed by atoms with van der Waals surface area (Å²) in [6.07, 6.45) is -8.46. The molecule has 0 saturated carbocycles. The Morgan fingerprint density at radius 3 is 2.09 bits per heavy atom. The normalized spacial score (nSPS) is 12.9. The average Bonchev–Trinajstić information content (AvgIpc) is 2.69. The van der Waals surface area contributed by atoms with Gasteiger partial charge in [0.25, 0.3) is 0 Å². The van der Waals surface area contributed by atoms with Gasteiger partial charge in [0, 0.05) is 12.8 Å². The number of alkyl halides is 6. The molecule has 0 saturated heterocycles. The fourth-order valence-corrected chi connectivity index (χ4v) is 2.99. The Labute approximate surface area is 180 Å². The Kier molecular flexibility index (Phi) is 7.75. The van der Waals surface area contributed by atoms with Crippen LogP contribution in [0.2, 0.25) is 0 Å². The summed E-state index contributed by atoms with van der Waals surface area (Å²) in [4.78, 5) is 7.98. The highest BCUT2D eigenvalue weighted by atomic mass is 32.2. The lowest BCUT2D eigenvalue weighted by Gasteiger charge is -2.13. The van der Waals surface area contributed by atoms with E-state index in [9.17, 15) is 34.8 Å². The number of aliphatic imine (C=N–C) groups is 1. The predicted molar refractivity (Wildman–Crippen MR) is 110 cm³/mol. The highest BCUT2D eigenvalue weighted by Gasteiger charge is 2.36. The fourth-order valence-electron chi connectivity index (χ4n) is 2.40. The van der Waals surface area contributed by atoms with E-state index in [1.54, 1.807) is 0 Å². The van der Waals surface area contributed by atoms with Crippen LogP contribution in [-0.4, -0.2) is 31.9 Å². The van der Waals surface area contributed by atoms with Crippen LogP contribution in [-0.2, 0) is 22.4 Å². The topological polar surface area (TPSA) is 83.5 Å². The van der Waals surface area contributed by atoms with Crippen molar-refractivity contribution in [3.8, 4) is 0 Å². The number of aromatic nitrogens is 1. The zero-order chi connectivity index (χ0) is 24.2. The monoisotopic (exact) mass is 482 g/mol. The van der Waals surface area contributed by atoms with Crippen molar-refractivity contribution in [3.05, 3.63) is 47.0 Å².